The molecule has 0 aliphatic rings. The SMILES string of the molecule is CC(C)[C@H](N(C)C(C)C)C(F)(F)F. The smallest absolute Gasteiger partial charge is 0.293 e. The van der Waals surface area contributed by atoms with E-state index in [1.165, 1.54) is 11.9 Å². The highest BCUT2D eigenvalue weighted by Gasteiger charge is 2.44. The molecule has 0 amide bonds. The van der Waals surface area contributed by atoms with Crippen LogP contribution in [0.3, 0.4) is 0 Å². The van der Waals surface area contributed by atoms with Gasteiger partial charge in [-0.2, -0.15) is 13.2 Å². The lowest BCUT2D eigenvalue weighted by Gasteiger charge is -2.35. The minimum Gasteiger partial charge on any atom is -0.293 e. The lowest BCUT2D eigenvalue weighted by Crippen LogP contribution is -2.49. The van der Waals surface area contributed by atoms with E-state index in [0.717, 1.165) is 0 Å². The van der Waals surface area contributed by atoms with Gasteiger partial charge in [-0.1, -0.05) is 13.8 Å². The Bertz CT molecular complexity index is 151. The fraction of sp³-hybridized carbons (Fsp3) is 1.00. The normalized spacial score (nSPS) is 15.9. The van der Waals surface area contributed by atoms with Crippen LogP contribution in [-0.2, 0) is 0 Å². The molecule has 0 bridgehead atoms. The van der Waals surface area contributed by atoms with Gasteiger partial charge < -0.3 is 0 Å². The van der Waals surface area contributed by atoms with Crippen molar-refractivity contribution >= 4 is 0 Å². The summed E-state index contributed by atoms with van der Waals surface area (Å²) in [7, 11) is 1.52. The van der Waals surface area contributed by atoms with E-state index in [0.29, 0.717) is 0 Å². The Labute approximate surface area is 77.9 Å². The quantitative estimate of drug-likeness (QED) is 0.672. The molecule has 4 heteroatoms. The maximum absolute atomic E-state index is 12.5. The van der Waals surface area contributed by atoms with Crippen LogP contribution in [0.15, 0.2) is 0 Å². The zero-order valence-corrected chi connectivity index (χ0v) is 8.81. The molecule has 0 aromatic heterocycles. The van der Waals surface area contributed by atoms with Gasteiger partial charge in [0.2, 0.25) is 0 Å². The minimum atomic E-state index is -4.13. The van der Waals surface area contributed by atoms with Crippen LogP contribution in [0.4, 0.5) is 13.2 Å². The number of hydrogen-bond donors (Lipinski definition) is 0. The molecule has 0 rings (SSSR count). The van der Waals surface area contributed by atoms with E-state index >= 15 is 0 Å². The van der Waals surface area contributed by atoms with Gasteiger partial charge in [0, 0.05) is 6.04 Å². The van der Waals surface area contributed by atoms with E-state index in [9.17, 15) is 13.2 Å². The topological polar surface area (TPSA) is 3.24 Å². The van der Waals surface area contributed by atoms with Crippen LogP contribution < -0.4 is 0 Å². The van der Waals surface area contributed by atoms with Crippen LogP contribution >= 0.6 is 0 Å². The van der Waals surface area contributed by atoms with E-state index in [2.05, 4.69) is 0 Å². The highest BCUT2D eigenvalue weighted by molar-refractivity contribution is 4.81. The standard InChI is InChI=1S/C9H18F3N/c1-6(2)8(9(10,11)12)13(5)7(3)4/h6-8H,1-5H3/t8-/m0/s1. The van der Waals surface area contributed by atoms with E-state index in [1.54, 1.807) is 27.7 Å². The first-order valence-corrected chi connectivity index (χ1v) is 4.46. The van der Waals surface area contributed by atoms with Gasteiger partial charge in [-0.05, 0) is 26.8 Å². The monoisotopic (exact) mass is 197 g/mol. The molecule has 0 fully saturated rings. The molecular weight excluding hydrogens is 179 g/mol. The Morgan fingerprint density at radius 2 is 1.38 bits per heavy atom. The Kier molecular flexibility index (Phi) is 4.23. The van der Waals surface area contributed by atoms with Crippen molar-refractivity contribution in [3.63, 3.8) is 0 Å². The second kappa shape index (κ2) is 4.31. The van der Waals surface area contributed by atoms with Crippen molar-refractivity contribution in [1.29, 1.82) is 0 Å². The summed E-state index contributed by atoms with van der Waals surface area (Å²) in [6, 6.07) is -1.43. The molecule has 0 spiro atoms. The zero-order valence-electron chi connectivity index (χ0n) is 8.81. The van der Waals surface area contributed by atoms with Crippen LogP contribution in [0, 0.1) is 5.92 Å². The number of halogens is 3. The summed E-state index contributed by atoms with van der Waals surface area (Å²) in [6.07, 6.45) is -4.13. The van der Waals surface area contributed by atoms with E-state index in [4.69, 9.17) is 0 Å². The molecule has 0 aromatic rings. The second-order valence-corrected chi connectivity index (χ2v) is 3.99. The van der Waals surface area contributed by atoms with Crippen LogP contribution in [-0.4, -0.2) is 30.2 Å². The van der Waals surface area contributed by atoms with E-state index < -0.39 is 18.1 Å². The Hall–Kier alpha value is -0.250. The molecule has 0 aliphatic heterocycles. The molecule has 0 unspecified atom stereocenters. The predicted molar refractivity (Wildman–Crippen MR) is 47.6 cm³/mol. The summed E-state index contributed by atoms with van der Waals surface area (Å²) in [4.78, 5) is 1.37. The first kappa shape index (κ1) is 12.8. The Morgan fingerprint density at radius 1 is 1.00 bits per heavy atom. The van der Waals surface area contributed by atoms with Crippen LogP contribution in [0.2, 0.25) is 0 Å². The number of hydrogen-bond acceptors (Lipinski definition) is 1. The first-order chi connectivity index (χ1) is 5.68. The van der Waals surface area contributed by atoms with Gasteiger partial charge in [0.1, 0.15) is 6.04 Å². The molecule has 0 heterocycles. The summed E-state index contributed by atoms with van der Waals surface area (Å²) in [5.74, 6) is -0.410. The minimum absolute atomic E-state index is 0.0889. The van der Waals surface area contributed by atoms with Crippen molar-refractivity contribution in [2.45, 2.75) is 46.0 Å². The molecule has 1 nitrogen and oxygen atoms in total. The van der Waals surface area contributed by atoms with Gasteiger partial charge in [0.25, 0.3) is 0 Å². The summed E-state index contributed by atoms with van der Waals surface area (Å²) in [5, 5.41) is 0. The third-order valence-corrected chi connectivity index (χ3v) is 2.22. The van der Waals surface area contributed by atoms with Gasteiger partial charge in [-0.3, -0.25) is 4.90 Å². The van der Waals surface area contributed by atoms with E-state index in [-0.39, 0.29) is 6.04 Å². The average molecular weight is 197 g/mol. The highest BCUT2D eigenvalue weighted by Crippen LogP contribution is 2.30. The van der Waals surface area contributed by atoms with Gasteiger partial charge in [0.05, 0.1) is 0 Å². The largest absolute Gasteiger partial charge is 0.404 e. The van der Waals surface area contributed by atoms with Crippen LogP contribution in [0.25, 0.3) is 0 Å². The third kappa shape index (κ3) is 3.55. The first-order valence-electron chi connectivity index (χ1n) is 4.46. The molecule has 1 atom stereocenters. The maximum atomic E-state index is 12.5. The molecule has 0 N–H and O–H groups in total. The summed E-state index contributed by atoms with van der Waals surface area (Å²) < 4.78 is 37.6. The number of rotatable bonds is 3. The fourth-order valence-electron chi connectivity index (χ4n) is 1.40. The van der Waals surface area contributed by atoms with Crippen LogP contribution in [0.5, 0.6) is 0 Å². The number of nitrogens with zero attached hydrogens (tertiary/aromatic N) is 1. The highest BCUT2D eigenvalue weighted by atomic mass is 19.4. The third-order valence-electron chi connectivity index (χ3n) is 2.22. The van der Waals surface area contributed by atoms with Crippen molar-refractivity contribution < 1.29 is 13.2 Å². The van der Waals surface area contributed by atoms with Gasteiger partial charge >= 0.3 is 6.18 Å². The second-order valence-electron chi connectivity index (χ2n) is 3.99. The van der Waals surface area contributed by atoms with Crippen LogP contribution in [0.1, 0.15) is 27.7 Å². The molecule has 80 valence electrons. The molecular formula is C9H18F3N. The molecule has 0 aromatic carbocycles. The lowest BCUT2D eigenvalue weighted by molar-refractivity contribution is -0.195. The zero-order chi connectivity index (χ0) is 10.8. The summed E-state index contributed by atoms with van der Waals surface area (Å²) >= 11 is 0. The maximum Gasteiger partial charge on any atom is 0.404 e. The van der Waals surface area contributed by atoms with Gasteiger partial charge in [-0.15, -0.1) is 0 Å². The lowest BCUT2D eigenvalue weighted by atomic mass is 10.0. The molecule has 0 aliphatic carbocycles. The van der Waals surface area contributed by atoms with Crippen molar-refractivity contribution in [3.8, 4) is 0 Å². The Balaban J connectivity index is 4.62. The summed E-state index contributed by atoms with van der Waals surface area (Å²) in [5.41, 5.74) is 0. The fourth-order valence-corrected chi connectivity index (χ4v) is 1.40. The van der Waals surface area contributed by atoms with Crippen molar-refractivity contribution in [2.75, 3.05) is 7.05 Å². The van der Waals surface area contributed by atoms with Crippen molar-refractivity contribution in [2.24, 2.45) is 5.92 Å². The predicted octanol–water partition coefficient (Wildman–Crippen LogP) is 2.91. The van der Waals surface area contributed by atoms with Crippen molar-refractivity contribution in [1.82, 2.24) is 4.90 Å². The molecule has 0 saturated carbocycles. The molecule has 0 radical (unpaired) electrons. The Morgan fingerprint density at radius 3 is 1.46 bits per heavy atom. The van der Waals surface area contributed by atoms with Crippen molar-refractivity contribution in [3.05, 3.63) is 0 Å². The van der Waals surface area contributed by atoms with Gasteiger partial charge in [0.15, 0.2) is 0 Å². The van der Waals surface area contributed by atoms with E-state index in [1.807, 2.05) is 0 Å². The molecule has 13 heavy (non-hydrogen) atoms. The summed E-state index contributed by atoms with van der Waals surface area (Å²) in [6.45, 7) is 6.72. The van der Waals surface area contributed by atoms with Gasteiger partial charge in [-0.25, -0.2) is 0 Å². The number of alkyl halides is 3. The molecule has 0 saturated heterocycles. The average Bonchev–Trinajstić information content (AvgIpc) is 1.82.